The number of sulfonamides is 1. The second kappa shape index (κ2) is 10.4. The van der Waals surface area contributed by atoms with E-state index in [-0.39, 0.29) is 6.79 Å². The molecule has 1 aliphatic rings. The highest BCUT2D eigenvalue weighted by Gasteiger charge is 2.14. The molecule has 2 rings (SSSR count). The maximum Gasteiger partial charge on any atom is 0.231 e. The molecule has 8 nitrogen and oxygen atoms in total. The molecule has 9 heteroatoms. The summed E-state index contributed by atoms with van der Waals surface area (Å²) in [6.07, 6.45) is 2.75. The van der Waals surface area contributed by atoms with E-state index in [9.17, 15) is 8.42 Å². The fourth-order valence-electron chi connectivity index (χ4n) is 2.76. The smallest absolute Gasteiger partial charge is 0.231 e. The first-order valence-corrected chi connectivity index (χ1v) is 11.1. The van der Waals surface area contributed by atoms with Crippen molar-refractivity contribution in [2.45, 2.75) is 26.7 Å². The van der Waals surface area contributed by atoms with Crippen molar-refractivity contribution >= 4 is 16.0 Å². The number of aliphatic imine (C=N–C) groups is 1. The second-order valence-electron chi connectivity index (χ2n) is 6.23. The molecule has 0 radical (unpaired) electrons. The van der Waals surface area contributed by atoms with Crippen molar-refractivity contribution in [3.05, 3.63) is 23.8 Å². The first-order chi connectivity index (χ1) is 12.9. The van der Waals surface area contributed by atoms with Crippen molar-refractivity contribution in [3.63, 3.8) is 0 Å². The fourth-order valence-corrected chi connectivity index (χ4v) is 3.69. The van der Waals surface area contributed by atoms with Crippen LogP contribution in [-0.4, -0.2) is 64.5 Å². The molecule has 1 aliphatic heterocycles. The SMILES string of the molecule is CCNC(=NCCCN(CC)S(C)(=O)=O)NCCc1ccc2c(c1)OCO2. The first-order valence-electron chi connectivity index (χ1n) is 9.29. The molecule has 0 spiro atoms. The highest BCUT2D eigenvalue weighted by molar-refractivity contribution is 7.88. The summed E-state index contributed by atoms with van der Waals surface area (Å²) in [5.74, 6) is 2.32. The van der Waals surface area contributed by atoms with Crippen molar-refractivity contribution < 1.29 is 17.9 Å². The average molecular weight is 399 g/mol. The van der Waals surface area contributed by atoms with Gasteiger partial charge in [-0.3, -0.25) is 4.99 Å². The monoisotopic (exact) mass is 398 g/mol. The van der Waals surface area contributed by atoms with Crippen LogP contribution >= 0.6 is 0 Å². The summed E-state index contributed by atoms with van der Waals surface area (Å²) in [5, 5.41) is 6.51. The van der Waals surface area contributed by atoms with Crippen molar-refractivity contribution in [2.24, 2.45) is 4.99 Å². The third-order valence-corrected chi connectivity index (χ3v) is 5.52. The van der Waals surface area contributed by atoms with Gasteiger partial charge in [-0.1, -0.05) is 13.0 Å². The van der Waals surface area contributed by atoms with E-state index in [1.165, 1.54) is 10.6 Å². The third kappa shape index (κ3) is 6.91. The van der Waals surface area contributed by atoms with Crippen LogP contribution in [0.4, 0.5) is 0 Å². The molecule has 2 N–H and O–H groups in total. The largest absolute Gasteiger partial charge is 0.454 e. The number of hydrogen-bond donors (Lipinski definition) is 2. The van der Waals surface area contributed by atoms with Crippen LogP contribution < -0.4 is 20.1 Å². The maximum absolute atomic E-state index is 11.6. The Morgan fingerprint density at radius 2 is 2.00 bits per heavy atom. The zero-order valence-electron chi connectivity index (χ0n) is 16.3. The molecule has 27 heavy (non-hydrogen) atoms. The Labute approximate surface area is 162 Å². The van der Waals surface area contributed by atoms with E-state index < -0.39 is 10.0 Å². The van der Waals surface area contributed by atoms with E-state index in [0.29, 0.717) is 26.1 Å². The summed E-state index contributed by atoms with van der Waals surface area (Å²) in [5.41, 5.74) is 1.16. The van der Waals surface area contributed by atoms with Crippen LogP contribution in [0.3, 0.4) is 0 Å². The lowest BCUT2D eigenvalue weighted by atomic mass is 10.1. The lowest BCUT2D eigenvalue weighted by Crippen LogP contribution is -2.38. The summed E-state index contributed by atoms with van der Waals surface area (Å²) in [6.45, 7) is 7.15. The standard InChI is InChI=1S/C18H30N4O4S/c1-4-19-18(20-10-6-12-22(5-2)27(3,23)24)21-11-9-15-7-8-16-17(13-15)26-14-25-16/h7-8,13H,4-6,9-12,14H2,1-3H3,(H2,19,20,21). The Morgan fingerprint density at radius 3 is 2.70 bits per heavy atom. The zero-order chi connectivity index (χ0) is 19.7. The van der Waals surface area contributed by atoms with Crippen LogP contribution in [0.2, 0.25) is 0 Å². The number of nitrogens with one attached hydrogen (secondary N) is 2. The van der Waals surface area contributed by atoms with Crippen LogP contribution in [0, 0.1) is 0 Å². The Morgan fingerprint density at radius 1 is 1.22 bits per heavy atom. The highest BCUT2D eigenvalue weighted by Crippen LogP contribution is 2.32. The molecule has 152 valence electrons. The predicted molar refractivity (Wildman–Crippen MR) is 107 cm³/mol. The minimum absolute atomic E-state index is 0.281. The number of hydrogen-bond acceptors (Lipinski definition) is 5. The number of guanidine groups is 1. The van der Waals surface area contributed by atoms with E-state index in [1.54, 1.807) is 0 Å². The normalized spacial score (nSPS) is 13.9. The summed E-state index contributed by atoms with van der Waals surface area (Å²) in [4.78, 5) is 4.52. The molecule has 0 atom stereocenters. The Hall–Kier alpha value is -2.00. The molecule has 1 aromatic rings. The van der Waals surface area contributed by atoms with Gasteiger partial charge in [0.1, 0.15) is 0 Å². The van der Waals surface area contributed by atoms with E-state index in [0.717, 1.165) is 42.5 Å². The molecule has 0 unspecified atom stereocenters. The van der Waals surface area contributed by atoms with Gasteiger partial charge in [-0.25, -0.2) is 12.7 Å². The molecule has 0 fully saturated rings. The van der Waals surface area contributed by atoms with Gasteiger partial charge in [-0.05, 0) is 37.5 Å². The van der Waals surface area contributed by atoms with Crippen LogP contribution in [0.25, 0.3) is 0 Å². The van der Waals surface area contributed by atoms with Crippen molar-refractivity contribution in [1.29, 1.82) is 0 Å². The van der Waals surface area contributed by atoms with Gasteiger partial charge >= 0.3 is 0 Å². The van der Waals surface area contributed by atoms with E-state index in [4.69, 9.17) is 9.47 Å². The summed E-state index contributed by atoms with van der Waals surface area (Å²) >= 11 is 0. The van der Waals surface area contributed by atoms with Gasteiger partial charge in [-0.15, -0.1) is 0 Å². The molecule has 0 saturated carbocycles. The predicted octanol–water partition coefficient (Wildman–Crippen LogP) is 1.18. The molecule has 1 aromatic carbocycles. The molecular weight excluding hydrogens is 368 g/mol. The van der Waals surface area contributed by atoms with Crippen LogP contribution in [-0.2, 0) is 16.4 Å². The number of nitrogens with zero attached hydrogens (tertiary/aromatic N) is 2. The minimum Gasteiger partial charge on any atom is -0.454 e. The Bertz CT molecular complexity index is 737. The molecular formula is C18H30N4O4S. The van der Waals surface area contributed by atoms with Crippen LogP contribution in [0.5, 0.6) is 11.5 Å². The number of benzene rings is 1. The van der Waals surface area contributed by atoms with Gasteiger partial charge in [0.25, 0.3) is 0 Å². The molecule has 0 aromatic heterocycles. The average Bonchev–Trinajstić information content (AvgIpc) is 3.08. The maximum atomic E-state index is 11.6. The molecule has 0 saturated heterocycles. The Balaban J connectivity index is 1.78. The van der Waals surface area contributed by atoms with E-state index in [2.05, 4.69) is 15.6 Å². The van der Waals surface area contributed by atoms with Crippen molar-refractivity contribution in [1.82, 2.24) is 14.9 Å². The van der Waals surface area contributed by atoms with Gasteiger partial charge in [0.15, 0.2) is 17.5 Å². The molecule has 0 aliphatic carbocycles. The van der Waals surface area contributed by atoms with Gasteiger partial charge in [0.2, 0.25) is 16.8 Å². The van der Waals surface area contributed by atoms with Crippen molar-refractivity contribution in [2.75, 3.05) is 45.8 Å². The van der Waals surface area contributed by atoms with Crippen LogP contribution in [0.1, 0.15) is 25.8 Å². The number of rotatable bonds is 10. The first kappa shape index (κ1) is 21.3. The highest BCUT2D eigenvalue weighted by atomic mass is 32.2. The number of ether oxygens (including phenoxy) is 2. The lowest BCUT2D eigenvalue weighted by molar-refractivity contribution is 0.174. The summed E-state index contributed by atoms with van der Waals surface area (Å²) in [6, 6.07) is 5.96. The fraction of sp³-hybridized carbons (Fsp3) is 0.611. The Kier molecular flexibility index (Phi) is 8.18. The van der Waals surface area contributed by atoms with Gasteiger partial charge in [-0.2, -0.15) is 0 Å². The van der Waals surface area contributed by atoms with Gasteiger partial charge in [0.05, 0.1) is 6.26 Å². The topological polar surface area (TPSA) is 92.3 Å². The number of fused-ring (bicyclic) bond motifs is 1. The third-order valence-electron chi connectivity index (χ3n) is 4.14. The summed E-state index contributed by atoms with van der Waals surface area (Å²) < 4.78 is 35.4. The molecule has 1 heterocycles. The van der Waals surface area contributed by atoms with Gasteiger partial charge < -0.3 is 20.1 Å². The van der Waals surface area contributed by atoms with E-state index >= 15 is 0 Å². The minimum atomic E-state index is -3.14. The van der Waals surface area contributed by atoms with Gasteiger partial charge in [0, 0.05) is 32.7 Å². The van der Waals surface area contributed by atoms with Crippen molar-refractivity contribution in [3.8, 4) is 11.5 Å². The quantitative estimate of drug-likeness (QED) is 0.349. The zero-order valence-corrected chi connectivity index (χ0v) is 17.1. The molecule has 0 amide bonds. The molecule has 0 bridgehead atoms. The van der Waals surface area contributed by atoms with E-state index in [1.807, 2.05) is 32.0 Å². The second-order valence-corrected chi connectivity index (χ2v) is 8.22. The lowest BCUT2D eigenvalue weighted by Gasteiger charge is -2.17. The summed E-state index contributed by atoms with van der Waals surface area (Å²) in [7, 11) is -3.14. The van der Waals surface area contributed by atoms with Crippen LogP contribution in [0.15, 0.2) is 23.2 Å².